The molecule has 108 valence electrons. The zero-order valence-corrected chi connectivity index (χ0v) is 11.7. The Morgan fingerprint density at radius 3 is 2.42 bits per heavy atom. The summed E-state index contributed by atoms with van der Waals surface area (Å²) in [6, 6.07) is -0.0979. The number of carbonyl (C=O) groups excluding carboxylic acids is 2. The summed E-state index contributed by atoms with van der Waals surface area (Å²) in [5.41, 5.74) is 6.11. The van der Waals surface area contributed by atoms with Gasteiger partial charge in [-0.1, -0.05) is 6.92 Å². The van der Waals surface area contributed by atoms with Crippen molar-refractivity contribution in [2.45, 2.75) is 51.5 Å². The molecular formula is C13H22N2O4. The van der Waals surface area contributed by atoms with Crippen LogP contribution < -0.4 is 5.73 Å². The highest BCUT2D eigenvalue weighted by molar-refractivity contribution is 5.67. The lowest BCUT2D eigenvalue weighted by Gasteiger charge is -2.44. The fourth-order valence-corrected chi connectivity index (χ4v) is 3.18. The first-order valence-corrected chi connectivity index (χ1v) is 6.74. The van der Waals surface area contributed by atoms with E-state index in [-0.39, 0.29) is 42.1 Å². The largest absolute Gasteiger partial charge is 0.461 e. The number of hydrogen-bond acceptors (Lipinski definition) is 6. The minimum atomic E-state index is -0.320. The first-order valence-electron chi connectivity index (χ1n) is 6.74. The lowest BCUT2D eigenvalue weighted by Crippen LogP contribution is -2.61. The second kappa shape index (κ2) is 5.46. The standard InChI is InChI=1S/C13H22N2O4/c1-7-10(14)6-15-5-4-11(18-8(2)16)12(15)13(7)19-9(3)17/h7,10-13H,4-6,14H2,1-3H3/t7-,10+,11+,12-,13+/m1/s1. The molecule has 0 unspecified atom stereocenters. The number of rotatable bonds is 2. The summed E-state index contributed by atoms with van der Waals surface area (Å²) in [6.45, 7) is 6.36. The molecule has 0 aromatic heterocycles. The predicted molar refractivity (Wildman–Crippen MR) is 68.2 cm³/mol. The van der Waals surface area contributed by atoms with Gasteiger partial charge in [0.25, 0.3) is 0 Å². The van der Waals surface area contributed by atoms with E-state index in [2.05, 4.69) is 4.90 Å². The second-order valence-corrected chi connectivity index (χ2v) is 5.52. The quantitative estimate of drug-likeness (QED) is 0.706. The minimum Gasteiger partial charge on any atom is -0.461 e. The van der Waals surface area contributed by atoms with Gasteiger partial charge >= 0.3 is 11.9 Å². The molecule has 2 heterocycles. The molecule has 0 bridgehead atoms. The van der Waals surface area contributed by atoms with E-state index in [0.29, 0.717) is 0 Å². The second-order valence-electron chi connectivity index (χ2n) is 5.52. The normalized spacial score (nSPS) is 38.6. The smallest absolute Gasteiger partial charge is 0.302 e. The lowest BCUT2D eigenvalue weighted by molar-refractivity contribution is -0.164. The van der Waals surface area contributed by atoms with Gasteiger partial charge in [0.05, 0.1) is 6.04 Å². The van der Waals surface area contributed by atoms with Gasteiger partial charge in [-0.2, -0.15) is 0 Å². The molecule has 2 saturated heterocycles. The molecule has 0 saturated carbocycles. The Morgan fingerprint density at radius 2 is 1.84 bits per heavy atom. The maximum atomic E-state index is 11.3. The molecule has 0 spiro atoms. The predicted octanol–water partition coefficient (Wildman–Crippen LogP) is -0.0989. The van der Waals surface area contributed by atoms with E-state index in [0.717, 1.165) is 19.5 Å². The van der Waals surface area contributed by atoms with Crippen molar-refractivity contribution in [3.05, 3.63) is 0 Å². The molecule has 19 heavy (non-hydrogen) atoms. The van der Waals surface area contributed by atoms with Crippen molar-refractivity contribution in [2.24, 2.45) is 11.7 Å². The van der Waals surface area contributed by atoms with Crippen LogP contribution in [0, 0.1) is 5.92 Å². The summed E-state index contributed by atoms with van der Waals surface area (Å²) >= 11 is 0. The van der Waals surface area contributed by atoms with Crippen LogP contribution in [0.5, 0.6) is 0 Å². The van der Waals surface area contributed by atoms with Gasteiger partial charge in [0.2, 0.25) is 0 Å². The van der Waals surface area contributed by atoms with Gasteiger partial charge in [-0.05, 0) is 6.42 Å². The van der Waals surface area contributed by atoms with Crippen LogP contribution in [0.3, 0.4) is 0 Å². The molecule has 2 N–H and O–H groups in total. The third kappa shape index (κ3) is 2.90. The fraction of sp³-hybridized carbons (Fsp3) is 0.846. The topological polar surface area (TPSA) is 81.9 Å². The summed E-state index contributed by atoms with van der Waals surface area (Å²) < 4.78 is 10.8. The average molecular weight is 270 g/mol. The Kier molecular flexibility index (Phi) is 4.10. The maximum Gasteiger partial charge on any atom is 0.302 e. The number of ether oxygens (including phenoxy) is 2. The van der Waals surface area contributed by atoms with Crippen molar-refractivity contribution in [1.82, 2.24) is 4.90 Å². The third-order valence-electron chi connectivity index (χ3n) is 4.10. The molecule has 0 aromatic rings. The van der Waals surface area contributed by atoms with Gasteiger partial charge in [-0.25, -0.2) is 0 Å². The highest BCUT2D eigenvalue weighted by Crippen LogP contribution is 2.34. The van der Waals surface area contributed by atoms with Gasteiger partial charge in [0.1, 0.15) is 12.2 Å². The Bertz CT molecular complexity index is 374. The molecule has 2 aliphatic heterocycles. The summed E-state index contributed by atoms with van der Waals surface area (Å²) in [6.07, 6.45) is 0.242. The Labute approximate surface area is 113 Å². The zero-order chi connectivity index (χ0) is 14.2. The molecule has 6 nitrogen and oxygen atoms in total. The van der Waals surface area contributed by atoms with E-state index in [1.54, 1.807) is 0 Å². The number of carbonyl (C=O) groups is 2. The Hall–Kier alpha value is -1.14. The lowest BCUT2D eigenvalue weighted by atomic mass is 9.85. The van der Waals surface area contributed by atoms with Crippen molar-refractivity contribution in [3.8, 4) is 0 Å². The van der Waals surface area contributed by atoms with Crippen molar-refractivity contribution < 1.29 is 19.1 Å². The molecule has 2 aliphatic rings. The molecule has 0 radical (unpaired) electrons. The van der Waals surface area contributed by atoms with Gasteiger partial charge in [0.15, 0.2) is 0 Å². The molecule has 0 amide bonds. The van der Waals surface area contributed by atoms with Crippen molar-refractivity contribution in [2.75, 3.05) is 13.1 Å². The SMILES string of the molecule is CC(=O)O[C@H]1[C@H](C)[C@@H](N)CN2CC[C@H](OC(C)=O)[C@H]12. The number of esters is 2. The van der Waals surface area contributed by atoms with Crippen LogP contribution >= 0.6 is 0 Å². The summed E-state index contributed by atoms with van der Waals surface area (Å²) in [5.74, 6) is -0.559. The monoisotopic (exact) mass is 270 g/mol. The van der Waals surface area contributed by atoms with E-state index in [4.69, 9.17) is 15.2 Å². The molecule has 0 aliphatic carbocycles. The summed E-state index contributed by atoms with van der Waals surface area (Å²) in [4.78, 5) is 24.6. The van der Waals surface area contributed by atoms with E-state index in [9.17, 15) is 9.59 Å². The third-order valence-corrected chi connectivity index (χ3v) is 4.10. The number of fused-ring (bicyclic) bond motifs is 1. The van der Waals surface area contributed by atoms with E-state index < -0.39 is 0 Å². The van der Waals surface area contributed by atoms with Crippen molar-refractivity contribution >= 4 is 11.9 Å². The van der Waals surface area contributed by atoms with Crippen LogP contribution in [0.1, 0.15) is 27.2 Å². The van der Waals surface area contributed by atoms with E-state index >= 15 is 0 Å². The molecule has 2 fully saturated rings. The molecular weight excluding hydrogens is 248 g/mol. The van der Waals surface area contributed by atoms with Crippen LogP contribution in [0.25, 0.3) is 0 Å². The van der Waals surface area contributed by atoms with Gasteiger partial charge in [-0.15, -0.1) is 0 Å². The Morgan fingerprint density at radius 1 is 1.21 bits per heavy atom. The molecule has 2 rings (SSSR count). The van der Waals surface area contributed by atoms with Crippen LogP contribution in [0.15, 0.2) is 0 Å². The minimum absolute atomic E-state index is 0.0309. The van der Waals surface area contributed by atoms with E-state index in [1.807, 2.05) is 6.92 Å². The van der Waals surface area contributed by atoms with Crippen LogP contribution in [0.4, 0.5) is 0 Å². The first kappa shape index (κ1) is 14.3. The van der Waals surface area contributed by atoms with Crippen LogP contribution in [0.2, 0.25) is 0 Å². The molecule has 0 aromatic carbocycles. The molecule has 6 heteroatoms. The number of nitrogens with two attached hydrogens (primary N) is 1. The highest BCUT2D eigenvalue weighted by Gasteiger charge is 2.50. The van der Waals surface area contributed by atoms with Crippen LogP contribution in [-0.2, 0) is 19.1 Å². The Balaban J connectivity index is 2.19. The van der Waals surface area contributed by atoms with Gasteiger partial charge in [-0.3, -0.25) is 14.5 Å². The molecule has 5 atom stereocenters. The number of hydrogen-bond donors (Lipinski definition) is 1. The average Bonchev–Trinajstić information content (AvgIpc) is 2.66. The number of piperidine rings is 1. The van der Waals surface area contributed by atoms with Crippen molar-refractivity contribution in [1.29, 1.82) is 0 Å². The van der Waals surface area contributed by atoms with Gasteiger partial charge in [0, 0.05) is 38.9 Å². The number of nitrogens with zero attached hydrogens (tertiary/aromatic N) is 1. The fourth-order valence-electron chi connectivity index (χ4n) is 3.18. The highest BCUT2D eigenvalue weighted by atomic mass is 16.6. The van der Waals surface area contributed by atoms with Gasteiger partial charge < -0.3 is 15.2 Å². The maximum absolute atomic E-state index is 11.3. The van der Waals surface area contributed by atoms with Crippen molar-refractivity contribution in [3.63, 3.8) is 0 Å². The summed E-state index contributed by atoms with van der Waals surface area (Å²) in [5, 5.41) is 0. The van der Waals surface area contributed by atoms with Crippen LogP contribution in [-0.4, -0.2) is 54.2 Å². The zero-order valence-electron chi connectivity index (χ0n) is 11.7. The van der Waals surface area contributed by atoms with E-state index in [1.165, 1.54) is 13.8 Å². The first-order chi connectivity index (χ1) is 8.90. The summed E-state index contributed by atoms with van der Waals surface area (Å²) in [7, 11) is 0.